The lowest BCUT2D eigenvalue weighted by Gasteiger charge is -2.49. The standard InChI is InChI=1S/C38H32N2/c1-37(2)32-21-12-11-18-29(32)30-20-13-19-28(34(30)38(37,3)4)27-22-23-31-33(24-27)39-36(26-16-9-6-10-17-26)40-35(31)25-14-7-5-8-15-25/h5-24H,1-4H3. The van der Waals surface area contributed by atoms with Gasteiger partial charge in [-0.25, -0.2) is 9.97 Å². The molecule has 0 aliphatic heterocycles. The van der Waals surface area contributed by atoms with Gasteiger partial charge < -0.3 is 0 Å². The summed E-state index contributed by atoms with van der Waals surface area (Å²) < 4.78 is 0. The molecule has 5 aromatic carbocycles. The van der Waals surface area contributed by atoms with Crippen molar-refractivity contribution in [2.45, 2.75) is 38.5 Å². The maximum Gasteiger partial charge on any atom is 0.160 e. The number of nitrogens with zero attached hydrogens (tertiary/aromatic N) is 2. The summed E-state index contributed by atoms with van der Waals surface area (Å²) in [5.74, 6) is 0.745. The van der Waals surface area contributed by atoms with Gasteiger partial charge in [0.1, 0.15) is 0 Å². The van der Waals surface area contributed by atoms with Gasteiger partial charge in [-0.15, -0.1) is 0 Å². The van der Waals surface area contributed by atoms with Crippen LogP contribution in [0.2, 0.25) is 0 Å². The summed E-state index contributed by atoms with van der Waals surface area (Å²) in [6.07, 6.45) is 0. The second kappa shape index (κ2) is 8.99. The molecule has 0 saturated heterocycles. The number of hydrogen-bond donors (Lipinski definition) is 0. The summed E-state index contributed by atoms with van der Waals surface area (Å²) in [6.45, 7) is 9.57. The van der Waals surface area contributed by atoms with Gasteiger partial charge in [-0.3, -0.25) is 0 Å². The normalized spacial score (nSPS) is 14.9. The van der Waals surface area contributed by atoms with Crippen molar-refractivity contribution in [3.05, 3.63) is 132 Å². The second-order valence-electron chi connectivity index (χ2n) is 11.9. The summed E-state index contributed by atoms with van der Waals surface area (Å²) in [6, 6.07) is 43.1. The van der Waals surface area contributed by atoms with Crippen LogP contribution in [0.4, 0.5) is 0 Å². The first-order valence-electron chi connectivity index (χ1n) is 14.0. The van der Waals surface area contributed by atoms with E-state index in [1.54, 1.807) is 0 Å². The van der Waals surface area contributed by atoms with E-state index in [0.29, 0.717) is 0 Å². The molecule has 0 radical (unpaired) electrons. The third kappa shape index (κ3) is 3.63. The van der Waals surface area contributed by atoms with Crippen LogP contribution in [-0.2, 0) is 10.8 Å². The smallest absolute Gasteiger partial charge is 0.160 e. The van der Waals surface area contributed by atoms with Gasteiger partial charge in [0.25, 0.3) is 0 Å². The second-order valence-corrected chi connectivity index (χ2v) is 11.9. The number of aromatic nitrogens is 2. The Morgan fingerprint density at radius 1 is 0.475 bits per heavy atom. The van der Waals surface area contributed by atoms with Crippen LogP contribution in [0.15, 0.2) is 121 Å². The van der Waals surface area contributed by atoms with E-state index in [1.165, 1.54) is 33.4 Å². The predicted molar refractivity (Wildman–Crippen MR) is 167 cm³/mol. The Balaban J connectivity index is 1.49. The molecule has 6 aromatic rings. The van der Waals surface area contributed by atoms with Gasteiger partial charge in [0.2, 0.25) is 0 Å². The van der Waals surface area contributed by atoms with Crippen molar-refractivity contribution in [1.82, 2.24) is 9.97 Å². The van der Waals surface area contributed by atoms with E-state index in [0.717, 1.165) is 33.5 Å². The predicted octanol–water partition coefficient (Wildman–Crippen LogP) is 9.87. The average molecular weight is 517 g/mol. The fraction of sp³-hybridized carbons (Fsp3) is 0.158. The molecular formula is C38H32N2. The van der Waals surface area contributed by atoms with E-state index in [1.807, 2.05) is 24.3 Å². The van der Waals surface area contributed by atoms with Crippen molar-refractivity contribution in [1.29, 1.82) is 0 Å². The number of hydrogen-bond acceptors (Lipinski definition) is 2. The molecule has 1 aliphatic carbocycles. The third-order valence-electron chi connectivity index (χ3n) is 9.23. The summed E-state index contributed by atoms with van der Waals surface area (Å²) in [7, 11) is 0. The molecule has 1 aromatic heterocycles. The minimum atomic E-state index is -0.0850. The van der Waals surface area contributed by atoms with E-state index in [4.69, 9.17) is 9.97 Å². The lowest BCUT2D eigenvalue weighted by atomic mass is 9.54. The quantitative estimate of drug-likeness (QED) is 0.234. The zero-order chi connectivity index (χ0) is 27.5. The molecule has 2 heteroatoms. The fourth-order valence-electron chi connectivity index (χ4n) is 6.43. The van der Waals surface area contributed by atoms with Gasteiger partial charge in [0, 0.05) is 21.9 Å². The largest absolute Gasteiger partial charge is 0.228 e. The summed E-state index contributed by atoms with van der Waals surface area (Å²) in [4.78, 5) is 10.2. The van der Waals surface area contributed by atoms with E-state index in [9.17, 15) is 0 Å². The molecule has 0 amide bonds. The number of rotatable bonds is 3. The van der Waals surface area contributed by atoms with Gasteiger partial charge in [0.05, 0.1) is 11.2 Å². The Kier molecular flexibility index (Phi) is 5.50. The van der Waals surface area contributed by atoms with Crippen molar-refractivity contribution in [3.8, 4) is 44.9 Å². The lowest BCUT2D eigenvalue weighted by molar-refractivity contribution is 0.300. The van der Waals surface area contributed by atoms with Crippen LogP contribution < -0.4 is 0 Å². The molecular weight excluding hydrogens is 484 g/mol. The summed E-state index contributed by atoms with van der Waals surface area (Å²) >= 11 is 0. The van der Waals surface area contributed by atoms with Crippen LogP contribution in [0, 0.1) is 0 Å². The molecule has 0 spiro atoms. The molecule has 0 bridgehead atoms. The third-order valence-corrected chi connectivity index (χ3v) is 9.23. The highest BCUT2D eigenvalue weighted by Crippen LogP contribution is 2.56. The molecule has 1 aliphatic rings. The van der Waals surface area contributed by atoms with Crippen LogP contribution in [0.1, 0.15) is 38.8 Å². The van der Waals surface area contributed by atoms with E-state index in [2.05, 4.69) is 125 Å². The zero-order valence-electron chi connectivity index (χ0n) is 23.4. The van der Waals surface area contributed by atoms with Gasteiger partial charge in [0.15, 0.2) is 5.82 Å². The molecule has 1 heterocycles. The van der Waals surface area contributed by atoms with Crippen LogP contribution in [0.25, 0.3) is 55.8 Å². The van der Waals surface area contributed by atoms with Crippen molar-refractivity contribution in [3.63, 3.8) is 0 Å². The van der Waals surface area contributed by atoms with Gasteiger partial charge in [-0.1, -0.05) is 137 Å². The Hall–Kier alpha value is -4.56. The molecule has 2 nitrogen and oxygen atoms in total. The van der Waals surface area contributed by atoms with Crippen LogP contribution >= 0.6 is 0 Å². The maximum absolute atomic E-state index is 5.12. The first-order chi connectivity index (χ1) is 19.4. The molecule has 0 fully saturated rings. The van der Waals surface area contributed by atoms with Gasteiger partial charge in [-0.05, 0) is 50.9 Å². The highest BCUT2D eigenvalue weighted by Gasteiger charge is 2.46. The molecule has 40 heavy (non-hydrogen) atoms. The molecule has 0 saturated carbocycles. The summed E-state index contributed by atoms with van der Waals surface area (Å²) in [5.41, 5.74) is 11.8. The van der Waals surface area contributed by atoms with E-state index >= 15 is 0 Å². The van der Waals surface area contributed by atoms with Crippen molar-refractivity contribution < 1.29 is 0 Å². The van der Waals surface area contributed by atoms with Crippen LogP contribution in [0.3, 0.4) is 0 Å². The topological polar surface area (TPSA) is 25.8 Å². The first kappa shape index (κ1) is 24.5. The van der Waals surface area contributed by atoms with E-state index < -0.39 is 0 Å². The first-order valence-corrected chi connectivity index (χ1v) is 14.0. The SMILES string of the molecule is CC1(C)c2ccccc2-c2cccc(-c3ccc4c(-c5ccccc5)nc(-c5ccccc5)nc4c3)c2C1(C)C. The molecule has 0 atom stereocenters. The Morgan fingerprint density at radius 2 is 1.10 bits per heavy atom. The maximum atomic E-state index is 5.12. The molecule has 194 valence electrons. The van der Waals surface area contributed by atoms with Crippen LogP contribution in [-0.4, -0.2) is 9.97 Å². The van der Waals surface area contributed by atoms with Crippen LogP contribution in [0.5, 0.6) is 0 Å². The Morgan fingerprint density at radius 3 is 1.85 bits per heavy atom. The van der Waals surface area contributed by atoms with Crippen molar-refractivity contribution in [2.75, 3.05) is 0 Å². The number of fused-ring (bicyclic) bond motifs is 4. The molecule has 7 rings (SSSR count). The van der Waals surface area contributed by atoms with Gasteiger partial charge in [-0.2, -0.15) is 0 Å². The minimum absolute atomic E-state index is 0.0350. The average Bonchev–Trinajstić information content (AvgIpc) is 3.00. The van der Waals surface area contributed by atoms with E-state index in [-0.39, 0.29) is 10.8 Å². The lowest BCUT2D eigenvalue weighted by Crippen LogP contribution is -2.43. The highest BCUT2D eigenvalue weighted by molar-refractivity contribution is 5.97. The molecule has 0 N–H and O–H groups in total. The Labute approximate surface area is 236 Å². The van der Waals surface area contributed by atoms with Crippen molar-refractivity contribution in [2.24, 2.45) is 0 Å². The van der Waals surface area contributed by atoms with Crippen molar-refractivity contribution >= 4 is 10.9 Å². The highest BCUT2D eigenvalue weighted by atomic mass is 14.9. The molecule has 0 unspecified atom stereocenters. The Bertz CT molecular complexity index is 1880. The van der Waals surface area contributed by atoms with Gasteiger partial charge >= 0.3 is 0 Å². The number of benzene rings is 5. The summed E-state index contributed by atoms with van der Waals surface area (Å²) in [5, 5.41) is 1.06. The fourth-order valence-corrected chi connectivity index (χ4v) is 6.43. The minimum Gasteiger partial charge on any atom is -0.228 e. The zero-order valence-corrected chi connectivity index (χ0v) is 23.4. The monoisotopic (exact) mass is 516 g/mol.